The van der Waals surface area contributed by atoms with E-state index in [1.165, 1.54) is 31.2 Å². The molecular formula is C17H32Si. The quantitative estimate of drug-likeness (QED) is 0.317. The SMILES string of the molecule is C=CCCCC1CCC([Si]2(C)CCCCC2)CC1. The van der Waals surface area contributed by atoms with Crippen LogP contribution in [-0.4, -0.2) is 8.07 Å². The van der Waals surface area contributed by atoms with E-state index < -0.39 is 8.07 Å². The number of rotatable bonds is 5. The summed E-state index contributed by atoms with van der Waals surface area (Å²) in [6.07, 6.45) is 17.1. The monoisotopic (exact) mass is 264 g/mol. The van der Waals surface area contributed by atoms with Crippen LogP contribution in [0.25, 0.3) is 0 Å². The van der Waals surface area contributed by atoms with Gasteiger partial charge in [0, 0.05) is 0 Å². The van der Waals surface area contributed by atoms with Crippen LogP contribution in [-0.2, 0) is 0 Å². The first-order valence-electron chi connectivity index (χ1n) is 8.35. The molecule has 0 aromatic rings. The van der Waals surface area contributed by atoms with Gasteiger partial charge in [0.1, 0.15) is 0 Å². The Balaban J connectivity index is 1.73. The van der Waals surface area contributed by atoms with Crippen LogP contribution in [0.5, 0.6) is 0 Å². The first-order valence-corrected chi connectivity index (χ1v) is 11.3. The highest BCUT2D eigenvalue weighted by Crippen LogP contribution is 2.46. The lowest BCUT2D eigenvalue weighted by atomic mass is 9.85. The Morgan fingerprint density at radius 1 is 1.06 bits per heavy atom. The Morgan fingerprint density at radius 3 is 2.33 bits per heavy atom. The van der Waals surface area contributed by atoms with Crippen molar-refractivity contribution in [1.29, 1.82) is 0 Å². The van der Waals surface area contributed by atoms with E-state index in [1.54, 1.807) is 50.6 Å². The Labute approximate surface area is 115 Å². The normalized spacial score (nSPS) is 32.1. The van der Waals surface area contributed by atoms with Crippen molar-refractivity contribution < 1.29 is 0 Å². The van der Waals surface area contributed by atoms with Crippen LogP contribution in [0, 0.1) is 5.92 Å². The zero-order chi connectivity index (χ0) is 12.8. The predicted octanol–water partition coefficient (Wildman–Crippen LogP) is 6.17. The third kappa shape index (κ3) is 3.72. The summed E-state index contributed by atoms with van der Waals surface area (Å²) in [5, 5.41) is 0. The molecule has 0 nitrogen and oxygen atoms in total. The minimum Gasteiger partial charge on any atom is -0.103 e. The second-order valence-electron chi connectivity index (χ2n) is 7.15. The zero-order valence-corrected chi connectivity index (χ0v) is 13.4. The molecule has 0 unspecified atom stereocenters. The van der Waals surface area contributed by atoms with Crippen molar-refractivity contribution in [1.82, 2.24) is 0 Å². The maximum atomic E-state index is 3.83. The van der Waals surface area contributed by atoms with Crippen LogP contribution >= 0.6 is 0 Å². The fourth-order valence-electron chi connectivity index (χ4n) is 4.47. The molecule has 0 amide bonds. The molecule has 2 aliphatic rings. The molecule has 1 saturated heterocycles. The lowest BCUT2D eigenvalue weighted by Gasteiger charge is -2.42. The van der Waals surface area contributed by atoms with Crippen LogP contribution in [0.4, 0.5) is 0 Å². The largest absolute Gasteiger partial charge is 0.103 e. The average Bonchev–Trinajstić information content (AvgIpc) is 2.41. The summed E-state index contributed by atoms with van der Waals surface area (Å²) in [6, 6.07) is 3.30. The maximum Gasteiger partial charge on any atom is 0.0535 e. The van der Waals surface area contributed by atoms with Crippen LogP contribution in [0.3, 0.4) is 0 Å². The van der Waals surface area contributed by atoms with E-state index in [0.29, 0.717) is 0 Å². The molecule has 1 aliphatic heterocycles. The van der Waals surface area contributed by atoms with E-state index in [-0.39, 0.29) is 0 Å². The minimum absolute atomic E-state index is 0.820. The second-order valence-corrected chi connectivity index (χ2v) is 12.3. The Hall–Kier alpha value is -0.0431. The lowest BCUT2D eigenvalue weighted by molar-refractivity contribution is 0.327. The summed E-state index contributed by atoms with van der Waals surface area (Å²) in [7, 11) is -0.820. The summed E-state index contributed by atoms with van der Waals surface area (Å²) < 4.78 is 0. The van der Waals surface area contributed by atoms with E-state index in [2.05, 4.69) is 19.2 Å². The van der Waals surface area contributed by atoms with Crippen molar-refractivity contribution in [2.24, 2.45) is 5.92 Å². The smallest absolute Gasteiger partial charge is 0.0535 e. The Morgan fingerprint density at radius 2 is 1.72 bits per heavy atom. The van der Waals surface area contributed by atoms with E-state index in [0.717, 1.165) is 5.92 Å². The molecule has 0 aromatic carbocycles. The maximum absolute atomic E-state index is 3.83. The Bertz CT molecular complexity index is 244. The lowest BCUT2D eigenvalue weighted by Crippen LogP contribution is -2.39. The second kappa shape index (κ2) is 6.93. The molecule has 1 heterocycles. The molecule has 0 atom stereocenters. The molecule has 0 aromatic heterocycles. The van der Waals surface area contributed by atoms with Gasteiger partial charge in [0.2, 0.25) is 0 Å². The molecule has 2 rings (SSSR count). The topological polar surface area (TPSA) is 0 Å². The van der Waals surface area contributed by atoms with Crippen molar-refractivity contribution in [2.45, 2.75) is 88.4 Å². The van der Waals surface area contributed by atoms with E-state index in [4.69, 9.17) is 0 Å². The van der Waals surface area contributed by atoms with Crippen molar-refractivity contribution in [2.75, 3.05) is 0 Å². The van der Waals surface area contributed by atoms with Gasteiger partial charge in [-0.25, -0.2) is 0 Å². The van der Waals surface area contributed by atoms with Gasteiger partial charge in [0.15, 0.2) is 0 Å². The van der Waals surface area contributed by atoms with Crippen LogP contribution < -0.4 is 0 Å². The first kappa shape index (κ1) is 14.4. The zero-order valence-electron chi connectivity index (χ0n) is 12.4. The predicted molar refractivity (Wildman–Crippen MR) is 84.8 cm³/mol. The van der Waals surface area contributed by atoms with Gasteiger partial charge in [-0.1, -0.05) is 76.1 Å². The molecule has 104 valence electrons. The molecule has 1 aliphatic carbocycles. The highest BCUT2D eigenvalue weighted by Gasteiger charge is 2.38. The average molecular weight is 265 g/mol. The highest BCUT2D eigenvalue weighted by atomic mass is 28.3. The standard InChI is InChI=1S/C17H32Si/c1-3-4-6-9-16-10-12-17(13-11-16)18(2)14-7-5-8-15-18/h3,16-17H,1,4-15H2,2H3. The molecule has 0 N–H and O–H groups in total. The van der Waals surface area contributed by atoms with Gasteiger partial charge in [-0.2, -0.15) is 0 Å². The van der Waals surface area contributed by atoms with Gasteiger partial charge in [-0.3, -0.25) is 0 Å². The molecule has 0 bridgehead atoms. The van der Waals surface area contributed by atoms with Crippen LogP contribution in [0.1, 0.15) is 64.2 Å². The van der Waals surface area contributed by atoms with E-state index in [9.17, 15) is 0 Å². The fraction of sp³-hybridized carbons (Fsp3) is 0.882. The van der Waals surface area contributed by atoms with Crippen LogP contribution in [0.2, 0.25) is 24.2 Å². The molecule has 1 heteroatoms. The van der Waals surface area contributed by atoms with E-state index >= 15 is 0 Å². The summed E-state index contributed by atoms with van der Waals surface area (Å²) in [4.78, 5) is 0. The molecular weight excluding hydrogens is 232 g/mol. The van der Waals surface area contributed by atoms with Gasteiger partial charge >= 0.3 is 0 Å². The molecule has 18 heavy (non-hydrogen) atoms. The first-order chi connectivity index (χ1) is 8.74. The highest BCUT2D eigenvalue weighted by molar-refractivity contribution is 6.80. The minimum atomic E-state index is -0.820. The van der Waals surface area contributed by atoms with Gasteiger partial charge in [-0.05, 0) is 24.3 Å². The van der Waals surface area contributed by atoms with Gasteiger partial charge in [0.05, 0.1) is 8.07 Å². The van der Waals surface area contributed by atoms with Crippen molar-refractivity contribution in [3.05, 3.63) is 12.7 Å². The third-order valence-corrected chi connectivity index (χ3v) is 11.4. The number of hydrogen-bond donors (Lipinski definition) is 0. The number of allylic oxidation sites excluding steroid dienone is 1. The molecule has 0 radical (unpaired) electrons. The molecule has 1 saturated carbocycles. The van der Waals surface area contributed by atoms with E-state index in [1.807, 2.05) is 0 Å². The van der Waals surface area contributed by atoms with Crippen molar-refractivity contribution >= 4 is 8.07 Å². The fourth-order valence-corrected chi connectivity index (χ4v) is 9.38. The summed E-state index contributed by atoms with van der Waals surface area (Å²) in [5.41, 5.74) is 1.19. The Kier molecular flexibility index (Phi) is 5.53. The van der Waals surface area contributed by atoms with Crippen LogP contribution in [0.15, 0.2) is 12.7 Å². The third-order valence-electron chi connectivity index (χ3n) is 5.85. The molecule has 0 spiro atoms. The van der Waals surface area contributed by atoms with Gasteiger partial charge in [0.25, 0.3) is 0 Å². The van der Waals surface area contributed by atoms with Crippen molar-refractivity contribution in [3.8, 4) is 0 Å². The molecule has 2 fully saturated rings. The summed E-state index contributed by atoms with van der Waals surface area (Å²) in [6.45, 7) is 6.56. The van der Waals surface area contributed by atoms with Gasteiger partial charge in [-0.15, -0.1) is 6.58 Å². The summed E-state index contributed by atoms with van der Waals surface area (Å²) in [5.74, 6) is 1.06. The number of unbranched alkanes of at least 4 members (excludes halogenated alkanes) is 1. The summed E-state index contributed by atoms with van der Waals surface area (Å²) >= 11 is 0. The van der Waals surface area contributed by atoms with Gasteiger partial charge < -0.3 is 0 Å². The number of hydrogen-bond acceptors (Lipinski definition) is 0. The van der Waals surface area contributed by atoms with Crippen molar-refractivity contribution in [3.63, 3.8) is 0 Å².